The summed E-state index contributed by atoms with van der Waals surface area (Å²) in [6, 6.07) is 19.8. The molecule has 0 bridgehead atoms. The number of aromatic nitrogens is 1. The number of nitrogens with one attached hydrogen (secondary N) is 1. The number of benzene rings is 3. The second kappa shape index (κ2) is 6.31. The van der Waals surface area contributed by atoms with Crippen molar-refractivity contribution in [1.82, 2.24) is 4.98 Å². The second-order valence-corrected chi connectivity index (χ2v) is 7.58. The zero-order valence-electron chi connectivity index (χ0n) is 14.0. The van der Waals surface area contributed by atoms with Gasteiger partial charge in [-0.1, -0.05) is 30.3 Å². The van der Waals surface area contributed by atoms with Crippen molar-refractivity contribution in [3.63, 3.8) is 0 Å². The molecule has 3 aromatic carbocycles. The highest BCUT2D eigenvalue weighted by Gasteiger charge is 2.15. The van der Waals surface area contributed by atoms with Crippen molar-refractivity contribution in [3.05, 3.63) is 72.9 Å². The zero-order valence-corrected chi connectivity index (χ0v) is 14.8. The first-order valence-corrected chi connectivity index (χ1v) is 9.49. The Hall–Kier alpha value is -3.12. The topological polar surface area (TPSA) is 68.3 Å². The second-order valence-electron chi connectivity index (χ2n) is 5.90. The Morgan fingerprint density at radius 2 is 1.65 bits per heavy atom. The van der Waals surface area contributed by atoms with Gasteiger partial charge >= 0.3 is 0 Å². The lowest BCUT2D eigenvalue weighted by molar-refractivity contribution is 0.415. The van der Waals surface area contributed by atoms with E-state index in [1.54, 1.807) is 37.4 Å². The van der Waals surface area contributed by atoms with Crippen LogP contribution in [0.5, 0.6) is 5.75 Å². The van der Waals surface area contributed by atoms with Crippen molar-refractivity contribution >= 4 is 37.4 Å². The highest BCUT2D eigenvalue weighted by atomic mass is 32.2. The SMILES string of the molecule is COc1ccc2cc(S(=O)(=O)Nc3cnc4ccccc4c3)ccc2c1. The van der Waals surface area contributed by atoms with Crippen LogP contribution in [0.3, 0.4) is 0 Å². The van der Waals surface area contributed by atoms with Crippen LogP contribution >= 0.6 is 0 Å². The van der Waals surface area contributed by atoms with E-state index in [-0.39, 0.29) is 4.90 Å². The van der Waals surface area contributed by atoms with Crippen molar-refractivity contribution in [2.45, 2.75) is 4.90 Å². The summed E-state index contributed by atoms with van der Waals surface area (Å²) in [5, 5.41) is 2.61. The van der Waals surface area contributed by atoms with E-state index in [0.717, 1.165) is 27.4 Å². The Morgan fingerprint density at radius 1 is 0.885 bits per heavy atom. The minimum Gasteiger partial charge on any atom is -0.497 e. The number of rotatable bonds is 4. The van der Waals surface area contributed by atoms with Gasteiger partial charge in [0.15, 0.2) is 0 Å². The molecule has 0 amide bonds. The molecule has 5 nitrogen and oxygen atoms in total. The standard InChI is InChI=1S/C20H16N2O3S/c1-25-18-8-6-15-12-19(9-7-14(15)11-18)26(23,24)22-17-10-16-4-2-3-5-20(16)21-13-17/h2-13,22H,1H3. The average molecular weight is 364 g/mol. The number of ether oxygens (including phenoxy) is 1. The Morgan fingerprint density at radius 3 is 2.50 bits per heavy atom. The molecule has 6 heteroatoms. The largest absolute Gasteiger partial charge is 0.497 e. The van der Waals surface area contributed by atoms with Crippen molar-refractivity contribution in [3.8, 4) is 5.75 Å². The minimum atomic E-state index is -3.71. The molecule has 4 aromatic rings. The molecular formula is C20H16N2O3S. The van der Waals surface area contributed by atoms with Gasteiger partial charge in [-0.15, -0.1) is 0 Å². The van der Waals surface area contributed by atoms with Crippen molar-refractivity contribution in [1.29, 1.82) is 0 Å². The van der Waals surface area contributed by atoms with Gasteiger partial charge in [0.25, 0.3) is 10.0 Å². The normalized spacial score (nSPS) is 11.6. The number of methoxy groups -OCH3 is 1. The zero-order chi connectivity index (χ0) is 18.1. The molecule has 0 saturated heterocycles. The molecule has 0 fully saturated rings. The van der Waals surface area contributed by atoms with Gasteiger partial charge in [-0.25, -0.2) is 8.42 Å². The molecule has 1 N–H and O–H groups in total. The lowest BCUT2D eigenvalue weighted by Gasteiger charge is -2.10. The van der Waals surface area contributed by atoms with Crippen LogP contribution in [0.25, 0.3) is 21.7 Å². The molecule has 4 rings (SSSR count). The van der Waals surface area contributed by atoms with E-state index in [0.29, 0.717) is 5.69 Å². The lowest BCUT2D eigenvalue weighted by Crippen LogP contribution is -2.13. The third-order valence-electron chi connectivity index (χ3n) is 4.17. The molecule has 26 heavy (non-hydrogen) atoms. The number of fused-ring (bicyclic) bond motifs is 2. The van der Waals surface area contributed by atoms with Gasteiger partial charge in [0, 0.05) is 5.39 Å². The molecule has 130 valence electrons. The number of nitrogens with zero attached hydrogens (tertiary/aromatic N) is 1. The maximum Gasteiger partial charge on any atom is 0.261 e. The number of sulfonamides is 1. The maximum atomic E-state index is 12.7. The first kappa shape index (κ1) is 16.4. The van der Waals surface area contributed by atoms with Gasteiger partial charge in [0.05, 0.1) is 29.4 Å². The number of para-hydroxylation sites is 1. The third kappa shape index (κ3) is 3.07. The number of pyridine rings is 1. The monoisotopic (exact) mass is 364 g/mol. The lowest BCUT2D eigenvalue weighted by atomic mass is 10.1. The van der Waals surface area contributed by atoms with Crippen LogP contribution in [0.15, 0.2) is 77.8 Å². The van der Waals surface area contributed by atoms with Gasteiger partial charge < -0.3 is 4.74 Å². The summed E-state index contributed by atoms with van der Waals surface area (Å²) in [5.74, 6) is 0.730. The van der Waals surface area contributed by atoms with E-state index in [1.807, 2.05) is 36.4 Å². The molecule has 0 aliphatic heterocycles. The third-order valence-corrected chi connectivity index (χ3v) is 5.55. The average Bonchev–Trinajstić information content (AvgIpc) is 2.66. The molecule has 0 atom stereocenters. The number of hydrogen-bond acceptors (Lipinski definition) is 4. The van der Waals surface area contributed by atoms with Crippen LogP contribution in [0.2, 0.25) is 0 Å². The van der Waals surface area contributed by atoms with E-state index in [4.69, 9.17) is 4.74 Å². The van der Waals surface area contributed by atoms with Crippen LogP contribution in [0.4, 0.5) is 5.69 Å². The summed E-state index contributed by atoms with van der Waals surface area (Å²) < 4.78 is 33.3. The minimum absolute atomic E-state index is 0.198. The van der Waals surface area contributed by atoms with Gasteiger partial charge in [0.2, 0.25) is 0 Å². The summed E-state index contributed by atoms with van der Waals surface area (Å²) >= 11 is 0. The molecule has 0 aliphatic rings. The van der Waals surface area contributed by atoms with Crippen molar-refractivity contribution in [2.24, 2.45) is 0 Å². The summed E-state index contributed by atoms with van der Waals surface area (Å²) in [6.45, 7) is 0. The number of anilines is 1. The highest BCUT2D eigenvalue weighted by Crippen LogP contribution is 2.25. The molecule has 0 saturated carbocycles. The van der Waals surface area contributed by atoms with E-state index in [1.165, 1.54) is 6.20 Å². The summed E-state index contributed by atoms with van der Waals surface area (Å²) in [6.07, 6.45) is 1.52. The van der Waals surface area contributed by atoms with E-state index in [9.17, 15) is 8.42 Å². The van der Waals surface area contributed by atoms with Crippen LogP contribution in [0, 0.1) is 0 Å². The Balaban J connectivity index is 1.69. The van der Waals surface area contributed by atoms with Crippen LogP contribution in [0.1, 0.15) is 0 Å². The van der Waals surface area contributed by atoms with E-state index >= 15 is 0 Å². The Bertz CT molecular complexity index is 1220. The summed E-state index contributed by atoms with van der Waals surface area (Å²) in [4.78, 5) is 4.48. The fourth-order valence-corrected chi connectivity index (χ4v) is 3.91. The fourth-order valence-electron chi connectivity index (χ4n) is 2.84. The van der Waals surface area contributed by atoms with Gasteiger partial charge in [-0.2, -0.15) is 0 Å². The number of hydrogen-bond donors (Lipinski definition) is 1. The predicted octanol–water partition coefficient (Wildman–Crippen LogP) is 4.20. The van der Waals surface area contributed by atoms with Crippen LogP contribution < -0.4 is 9.46 Å². The summed E-state index contributed by atoms with van der Waals surface area (Å²) in [5.41, 5.74) is 1.24. The molecule has 1 aromatic heterocycles. The molecule has 0 radical (unpaired) electrons. The first-order chi connectivity index (χ1) is 12.5. The van der Waals surface area contributed by atoms with E-state index in [2.05, 4.69) is 9.71 Å². The van der Waals surface area contributed by atoms with Crippen molar-refractivity contribution in [2.75, 3.05) is 11.8 Å². The molecule has 1 heterocycles. The van der Waals surface area contributed by atoms with E-state index < -0.39 is 10.0 Å². The quantitative estimate of drug-likeness (QED) is 0.589. The smallest absolute Gasteiger partial charge is 0.261 e. The molecular weight excluding hydrogens is 348 g/mol. The van der Waals surface area contributed by atoms with Crippen LogP contribution in [-0.4, -0.2) is 20.5 Å². The highest BCUT2D eigenvalue weighted by molar-refractivity contribution is 7.92. The maximum absolute atomic E-state index is 12.7. The predicted molar refractivity (Wildman–Crippen MR) is 103 cm³/mol. The first-order valence-electron chi connectivity index (χ1n) is 8.01. The molecule has 0 spiro atoms. The van der Waals surface area contributed by atoms with Crippen LogP contribution in [-0.2, 0) is 10.0 Å². The van der Waals surface area contributed by atoms with Gasteiger partial charge in [0.1, 0.15) is 5.75 Å². The Kier molecular flexibility index (Phi) is 3.97. The fraction of sp³-hybridized carbons (Fsp3) is 0.0500. The van der Waals surface area contributed by atoms with Gasteiger partial charge in [-0.05, 0) is 47.2 Å². The van der Waals surface area contributed by atoms with Crippen molar-refractivity contribution < 1.29 is 13.2 Å². The van der Waals surface area contributed by atoms with Gasteiger partial charge in [-0.3, -0.25) is 9.71 Å². The molecule has 0 aliphatic carbocycles. The Labute approximate surface area is 151 Å². The summed E-state index contributed by atoms with van der Waals surface area (Å²) in [7, 11) is -2.11. The molecule has 0 unspecified atom stereocenters.